The summed E-state index contributed by atoms with van der Waals surface area (Å²) in [5, 5.41) is 46.6. The van der Waals surface area contributed by atoms with Gasteiger partial charge in [0.05, 0.1) is 54.6 Å². The molecule has 0 aliphatic carbocycles. The maximum absolute atomic E-state index is 13.7. The van der Waals surface area contributed by atoms with Crippen LogP contribution in [0.4, 0.5) is 34.1 Å². The van der Waals surface area contributed by atoms with Crippen LogP contribution < -0.4 is 9.44 Å². The summed E-state index contributed by atoms with van der Waals surface area (Å²) in [5.74, 6) is 0. The monoisotopic (exact) mass is 1100 g/mol. The number of nitrogens with zero attached hydrogens (tertiary/aromatic N) is 6. The third-order valence-corrected chi connectivity index (χ3v) is 15.9. The summed E-state index contributed by atoms with van der Waals surface area (Å²) in [5.41, 5.74) is 6.93. The number of nitro benzene ring substituents is 4. The summed E-state index contributed by atoms with van der Waals surface area (Å²) >= 11 is 0. The summed E-state index contributed by atoms with van der Waals surface area (Å²) < 4.78 is 59.3. The lowest BCUT2D eigenvalue weighted by atomic mass is 10.0. The second-order valence-corrected chi connectivity index (χ2v) is 21.2. The van der Waals surface area contributed by atoms with Crippen molar-refractivity contribution in [1.82, 2.24) is 19.9 Å². The predicted molar refractivity (Wildman–Crippen MR) is 302 cm³/mol. The van der Waals surface area contributed by atoms with Gasteiger partial charge in [0.1, 0.15) is 0 Å². The molecule has 0 spiro atoms. The van der Waals surface area contributed by atoms with Gasteiger partial charge in [-0.05, 0) is 107 Å². The fourth-order valence-corrected chi connectivity index (χ4v) is 11.9. The van der Waals surface area contributed by atoms with E-state index in [0.717, 1.165) is 57.6 Å². The average Bonchev–Trinajstić information content (AvgIpc) is 4.34. The first kappa shape index (κ1) is 51.1. The lowest BCUT2D eigenvalue weighted by Crippen LogP contribution is -2.15. The van der Waals surface area contributed by atoms with Gasteiger partial charge in [-0.2, -0.15) is 0 Å². The summed E-state index contributed by atoms with van der Waals surface area (Å²) in [6.45, 7) is 0. The zero-order chi connectivity index (χ0) is 56.0. The van der Waals surface area contributed by atoms with Crippen LogP contribution in [0.5, 0.6) is 0 Å². The van der Waals surface area contributed by atoms with E-state index in [0.29, 0.717) is 68.2 Å². The van der Waals surface area contributed by atoms with Crippen molar-refractivity contribution in [2.24, 2.45) is 0 Å². The lowest BCUT2D eigenvalue weighted by molar-refractivity contribution is -0.396. The van der Waals surface area contributed by atoms with Gasteiger partial charge in [0.15, 0.2) is 9.79 Å². The van der Waals surface area contributed by atoms with E-state index in [9.17, 15) is 57.3 Å². The summed E-state index contributed by atoms with van der Waals surface area (Å²) in [6, 6.07) is 43.8. The molecular weight excluding hydrogens is 1070 g/mol. The summed E-state index contributed by atoms with van der Waals surface area (Å²) in [6.07, 6.45) is 7.48. The summed E-state index contributed by atoms with van der Waals surface area (Å²) in [4.78, 5) is 59.0. The number of aromatic nitrogens is 4. The molecule has 394 valence electrons. The van der Waals surface area contributed by atoms with E-state index in [1.54, 1.807) is 24.3 Å². The zero-order valence-electron chi connectivity index (χ0n) is 40.9. The second kappa shape index (κ2) is 20.2. The third-order valence-electron chi connectivity index (χ3n) is 13.0. The van der Waals surface area contributed by atoms with Crippen molar-refractivity contribution in [3.63, 3.8) is 0 Å². The minimum Gasteiger partial charge on any atom is -0.354 e. The molecule has 80 heavy (non-hydrogen) atoms. The third kappa shape index (κ3) is 9.76. The van der Waals surface area contributed by atoms with E-state index < -0.39 is 72.3 Å². The van der Waals surface area contributed by atoms with Crippen LogP contribution in [-0.2, 0) is 20.0 Å². The highest BCUT2D eigenvalue weighted by Gasteiger charge is 2.31. The van der Waals surface area contributed by atoms with Gasteiger partial charge in [0, 0.05) is 67.8 Å². The Balaban J connectivity index is 1.11. The van der Waals surface area contributed by atoms with Crippen molar-refractivity contribution < 1.29 is 36.5 Å². The van der Waals surface area contributed by atoms with Crippen molar-refractivity contribution in [3.8, 4) is 44.5 Å². The molecule has 0 fully saturated rings. The topological polar surface area (TPSA) is 322 Å². The van der Waals surface area contributed by atoms with Crippen molar-refractivity contribution in [2.45, 2.75) is 9.79 Å². The molecule has 2 aliphatic rings. The maximum Gasteiger partial charge on any atom is 0.296 e. The Kier molecular flexibility index (Phi) is 12.9. The first-order chi connectivity index (χ1) is 38.4. The molecule has 8 bridgehead atoms. The van der Waals surface area contributed by atoms with Crippen molar-refractivity contribution >= 4 is 101 Å². The first-order valence-corrected chi connectivity index (χ1v) is 26.8. The maximum atomic E-state index is 13.7. The van der Waals surface area contributed by atoms with Crippen molar-refractivity contribution in [3.05, 3.63) is 233 Å². The number of hydrogen-bond acceptors (Lipinski definition) is 14. The predicted octanol–water partition coefficient (Wildman–Crippen LogP) is 12.6. The Morgan fingerprint density at radius 1 is 0.362 bits per heavy atom. The van der Waals surface area contributed by atoms with E-state index in [4.69, 9.17) is 9.97 Å². The first-order valence-electron chi connectivity index (χ1n) is 23.8. The molecule has 9 aromatic rings. The van der Waals surface area contributed by atoms with Gasteiger partial charge in [0.25, 0.3) is 42.8 Å². The Bertz CT molecular complexity index is 4280. The van der Waals surface area contributed by atoms with E-state index in [1.165, 1.54) is 24.3 Å². The number of aromatic amines is 2. The highest BCUT2D eigenvalue weighted by molar-refractivity contribution is 7.93. The van der Waals surface area contributed by atoms with Crippen LogP contribution in [0.15, 0.2) is 180 Å². The van der Waals surface area contributed by atoms with Crippen molar-refractivity contribution in [2.75, 3.05) is 9.44 Å². The molecule has 5 heterocycles. The smallest absolute Gasteiger partial charge is 0.296 e. The Morgan fingerprint density at radius 3 is 0.950 bits per heavy atom. The second-order valence-electron chi connectivity index (χ2n) is 17.9. The number of benzene rings is 6. The number of non-ortho nitro benzene ring substituents is 2. The molecule has 24 heteroatoms. The summed E-state index contributed by atoms with van der Waals surface area (Å²) in [7, 11) is -9.33. The Hall–Kier alpha value is -11.0. The SMILES string of the molecule is O=[N+]([O-])c1ccc(S(=O)(=O)Nc2ccc(-c3c4nc(c(-c5ccccc5)c5ccc([nH]5)c(-c5ccccc5)c5nc(c(-c6ccc(NS(=O)(=O)c7ccc([N+](=O)[O-])cc7[N+](=O)[O-])cc6)c6ccc3[nH]6)C=C5)C=C4)cc2)c([N+](=O)[O-])c1. The van der Waals surface area contributed by atoms with E-state index >= 15 is 0 Å². The van der Waals surface area contributed by atoms with Crippen LogP contribution in [-0.4, -0.2) is 56.5 Å². The van der Waals surface area contributed by atoms with Gasteiger partial charge in [-0.25, -0.2) is 26.8 Å². The number of rotatable bonds is 14. The number of hydrogen-bond donors (Lipinski definition) is 4. The Morgan fingerprint density at radius 2 is 0.662 bits per heavy atom. The van der Waals surface area contributed by atoms with E-state index in [1.807, 2.05) is 109 Å². The molecule has 0 saturated carbocycles. The van der Waals surface area contributed by atoms with Crippen LogP contribution in [0.2, 0.25) is 0 Å². The molecule has 22 nitrogen and oxygen atoms in total. The number of sulfonamides is 2. The number of fused-ring (bicyclic) bond motifs is 8. The van der Waals surface area contributed by atoms with Gasteiger partial charge in [-0.1, -0.05) is 84.9 Å². The van der Waals surface area contributed by atoms with E-state index in [2.05, 4.69) is 19.4 Å². The van der Waals surface area contributed by atoms with E-state index in [-0.39, 0.29) is 11.4 Å². The van der Waals surface area contributed by atoms with Gasteiger partial charge in [-0.15, -0.1) is 0 Å². The van der Waals surface area contributed by atoms with Crippen LogP contribution in [0.25, 0.3) is 90.9 Å². The Labute approximate surface area is 451 Å². The minimum absolute atomic E-state index is 0.0119. The van der Waals surface area contributed by atoms with Crippen LogP contribution in [0.3, 0.4) is 0 Å². The van der Waals surface area contributed by atoms with Crippen LogP contribution in [0, 0.1) is 40.5 Å². The molecule has 11 rings (SSSR count). The van der Waals surface area contributed by atoms with Crippen LogP contribution >= 0.6 is 0 Å². The minimum atomic E-state index is -4.66. The largest absolute Gasteiger partial charge is 0.354 e. The average molecular weight is 1110 g/mol. The number of nitrogens with one attached hydrogen (secondary N) is 4. The lowest BCUT2D eigenvalue weighted by Gasteiger charge is -2.11. The fraction of sp³-hybridized carbons (Fsp3) is 0. The van der Waals surface area contributed by atoms with Gasteiger partial charge in [0.2, 0.25) is 0 Å². The normalized spacial score (nSPS) is 12.0. The number of H-pyrrole nitrogens is 2. The zero-order valence-corrected chi connectivity index (χ0v) is 42.5. The molecule has 0 unspecified atom stereocenters. The standard InChI is InChI=1S/C56H36N10O12S2/c67-63(68)39-19-29-51(49(31-39)65(71)72)79(75,76)61-37-15-11-35(12-16-37)55-45-25-23-43(58-45)53(33-7-3-1-4-8-33)41-21-22-42(57-41)54(34-9-5-2-6-10-34)44-24-26-46(59-44)56(48-28-27-47(55)60-48)36-13-17-38(18-14-36)62-80(77,78)52-30-20-40(64(69)70)32-50(52)66(73)74/h1-32,57,60-62H. The highest BCUT2D eigenvalue weighted by Crippen LogP contribution is 2.40. The highest BCUT2D eigenvalue weighted by atomic mass is 32.2. The quantitative estimate of drug-likeness (QED) is 0.0581. The molecule has 0 amide bonds. The number of anilines is 2. The molecule has 6 aromatic carbocycles. The van der Waals surface area contributed by atoms with Crippen molar-refractivity contribution in [1.29, 1.82) is 0 Å². The molecule has 2 aliphatic heterocycles. The number of nitro groups is 4. The van der Waals surface area contributed by atoms with Gasteiger partial charge in [-0.3, -0.25) is 49.9 Å². The molecule has 4 N–H and O–H groups in total. The molecule has 0 radical (unpaired) electrons. The fourth-order valence-electron chi connectivity index (χ4n) is 9.44. The van der Waals surface area contributed by atoms with Crippen LogP contribution in [0.1, 0.15) is 22.8 Å². The molecule has 0 atom stereocenters. The molecule has 3 aromatic heterocycles. The van der Waals surface area contributed by atoms with Gasteiger partial charge < -0.3 is 9.97 Å². The molecular formula is C56H36N10O12S2. The molecule has 0 saturated heterocycles. The van der Waals surface area contributed by atoms with Gasteiger partial charge >= 0.3 is 0 Å².